The number of halogens is 1. The molecule has 0 amide bonds. The van der Waals surface area contributed by atoms with Gasteiger partial charge < -0.3 is 9.15 Å². The maximum absolute atomic E-state index is 12.3. The van der Waals surface area contributed by atoms with E-state index >= 15 is 0 Å². The molecule has 2 heterocycles. The topological polar surface area (TPSA) is 42.7 Å². The summed E-state index contributed by atoms with van der Waals surface area (Å²) in [5, 5.41) is 1.46. The first kappa shape index (κ1) is 21.7. The van der Waals surface area contributed by atoms with E-state index in [2.05, 4.69) is 60.4 Å². The van der Waals surface area contributed by atoms with Gasteiger partial charge in [-0.1, -0.05) is 85.6 Å². The Morgan fingerprint density at radius 3 is 2.30 bits per heavy atom. The van der Waals surface area contributed by atoms with Gasteiger partial charge in [-0.25, -0.2) is 4.79 Å². The summed E-state index contributed by atoms with van der Waals surface area (Å²) < 4.78 is 11.8. The Morgan fingerprint density at radius 2 is 1.67 bits per heavy atom. The maximum atomic E-state index is 12.3. The lowest BCUT2D eigenvalue weighted by atomic mass is 9.90. The molecule has 0 atom stereocenters. The molecule has 0 saturated carbocycles. The zero-order valence-electron chi connectivity index (χ0n) is 18.6. The van der Waals surface area contributed by atoms with Crippen LogP contribution in [0.5, 0.6) is 5.75 Å². The fourth-order valence-corrected chi connectivity index (χ4v) is 5.00. The average molecular weight is 460 g/mol. The average Bonchev–Trinajstić information content (AvgIpc) is 2.84. The lowest BCUT2D eigenvalue weighted by Gasteiger charge is -2.33. The van der Waals surface area contributed by atoms with Gasteiger partial charge in [0, 0.05) is 30.5 Å². The minimum Gasteiger partial charge on any atom is -0.476 e. The monoisotopic (exact) mass is 459 g/mol. The molecule has 0 fully saturated rings. The van der Waals surface area contributed by atoms with Gasteiger partial charge in [0.15, 0.2) is 0 Å². The van der Waals surface area contributed by atoms with E-state index in [1.54, 1.807) is 6.07 Å². The fourth-order valence-electron chi connectivity index (χ4n) is 4.72. The molecule has 1 aliphatic heterocycles. The highest BCUT2D eigenvalue weighted by atomic mass is 35.5. The van der Waals surface area contributed by atoms with Crippen LogP contribution in [0.1, 0.15) is 41.5 Å². The van der Waals surface area contributed by atoms with Crippen molar-refractivity contribution in [1.29, 1.82) is 0 Å². The smallest absolute Gasteiger partial charge is 0.336 e. The standard InChI is InChI=1S/C28H26ClNO3/c1-2-9-21-14-26(31)33-27-22(21)15-25(29)28-24(27)17-30(18-32-28)16-23(19-10-5-3-6-11-19)20-12-7-4-8-13-20/h3-8,10-15,23H,2,9,16-18H2,1H3. The number of benzene rings is 3. The van der Waals surface area contributed by atoms with E-state index in [1.807, 2.05) is 18.2 Å². The third kappa shape index (κ3) is 4.41. The minimum atomic E-state index is -0.334. The molecular formula is C28H26ClNO3. The molecule has 0 spiro atoms. The first-order valence-electron chi connectivity index (χ1n) is 11.4. The van der Waals surface area contributed by atoms with E-state index in [4.69, 9.17) is 20.8 Å². The van der Waals surface area contributed by atoms with Crippen LogP contribution in [0.2, 0.25) is 5.02 Å². The van der Waals surface area contributed by atoms with Gasteiger partial charge in [-0.3, -0.25) is 4.90 Å². The Labute approximate surface area is 198 Å². The summed E-state index contributed by atoms with van der Waals surface area (Å²) in [6.07, 6.45) is 1.73. The van der Waals surface area contributed by atoms with Gasteiger partial charge in [-0.2, -0.15) is 0 Å². The summed E-state index contributed by atoms with van der Waals surface area (Å²) in [5.74, 6) is 0.804. The first-order valence-corrected chi connectivity index (χ1v) is 11.7. The quantitative estimate of drug-likeness (QED) is 0.313. The molecule has 1 aliphatic rings. The van der Waals surface area contributed by atoms with Crippen LogP contribution in [-0.2, 0) is 13.0 Å². The van der Waals surface area contributed by atoms with E-state index in [-0.39, 0.29) is 11.5 Å². The maximum Gasteiger partial charge on any atom is 0.336 e. The Hall–Kier alpha value is -3.08. The Morgan fingerprint density at radius 1 is 1.00 bits per heavy atom. The molecule has 3 aromatic carbocycles. The molecule has 4 nitrogen and oxygen atoms in total. The number of hydrogen-bond donors (Lipinski definition) is 0. The zero-order chi connectivity index (χ0) is 22.8. The number of aryl methyl sites for hydroxylation is 1. The van der Waals surface area contributed by atoms with Crippen molar-refractivity contribution in [2.45, 2.75) is 32.2 Å². The number of hydrogen-bond acceptors (Lipinski definition) is 4. The van der Waals surface area contributed by atoms with E-state index in [9.17, 15) is 4.79 Å². The Bertz CT molecular complexity index is 1280. The van der Waals surface area contributed by atoms with Gasteiger partial charge in [0.2, 0.25) is 0 Å². The van der Waals surface area contributed by atoms with Crippen LogP contribution in [0.3, 0.4) is 0 Å². The lowest BCUT2D eigenvalue weighted by Crippen LogP contribution is -2.35. The lowest BCUT2D eigenvalue weighted by molar-refractivity contribution is 0.0926. The Kier molecular flexibility index (Phi) is 6.21. The summed E-state index contributed by atoms with van der Waals surface area (Å²) in [4.78, 5) is 14.6. The van der Waals surface area contributed by atoms with Crippen LogP contribution in [-0.4, -0.2) is 18.2 Å². The van der Waals surface area contributed by atoms with Crippen LogP contribution < -0.4 is 10.4 Å². The fraction of sp³-hybridized carbons (Fsp3) is 0.250. The largest absolute Gasteiger partial charge is 0.476 e. The summed E-state index contributed by atoms with van der Waals surface area (Å²) in [7, 11) is 0. The molecule has 5 heteroatoms. The summed E-state index contributed by atoms with van der Waals surface area (Å²) in [6, 6.07) is 24.5. The van der Waals surface area contributed by atoms with Crippen molar-refractivity contribution in [1.82, 2.24) is 4.90 Å². The minimum absolute atomic E-state index is 0.186. The molecular weight excluding hydrogens is 434 g/mol. The molecule has 4 aromatic rings. The molecule has 0 bridgehead atoms. The van der Waals surface area contributed by atoms with Crippen LogP contribution in [0, 0.1) is 0 Å². The summed E-state index contributed by atoms with van der Waals surface area (Å²) in [5.41, 5.74) is 4.57. The van der Waals surface area contributed by atoms with Crippen molar-refractivity contribution in [3.63, 3.8) is 0 Å². The highest BCUT2D eigenvalue weighted by Gasteiger charge is 2.27. The van der Waals surface area contributed by atoms with Gasteiger partial charge in [0.05, 0.1) is 10.6 Å². The molecule has 0 N–H and O–H groups in total. The molecule has 0 aliphatic carbocycles. The van der Waals surface area contributed by atoms with E-state index < -0.39 is 0 Å². The van der Waals surface area contributed by atoms with E-state index in [0.717, 1.165) is 35.9 Å². The van der Waals surface area contributed by atoms with Gasteiger partial charge in [-0.05, 0) is 29.2 Å². The third-order valence-electron chi connectivity index (χ3n) is 6.26. The molecule has 5 rings (SSSR count). The SMILES string of the molecule is CCCc1cc(=O)oc2c3c(c(Cl)cc12)OCN(CC(c1ccccc1)c1ccccc1)C3. The molecule has 168 valence electrons. The van der Waals surface area contributed by atoms with Crippen LogP contribution in [0.4, 0.5) is 0 Å². The first-order chi connectivity index (χ1) is 16.1. The number of nitrogens with zero attached hydrogens (tertiary/aromatic N) is 1. The van der Waals surface area contributed by atoms with Crippen molar-refractivity contribution in [2.24, 2.45) is 0 Å². The molecule has 33 heavy (non-hydrogen) atoms. The molecule has 1 aromatic heterocycles. The van der Waals surface area contributed by atoms with Gasteiger partial charge in [-0.15, -0.1) is 0 Å². The molecule has 0 saturated heterocycles. The van der Waals surface area contributed by atoms with Crippen LogP contribution in [0.25, 0.3) is 11.0 Å². The second-order valence-corrected chi connectivity index (χ2v) is 8.95. The van der Waals surface area contributed by atoms with Gasteiger partial charge in [0.25, 0.3) is 0 Å². The van der Waals surface area contributed by atoms with Crippen molar-refractivity contribution in [3.05, 3.63) is 110 Å². The van der Waals surface area contributed by atoms with Gasteiger partial charge in [0.1, 0.15) is 18.1 Å². The predicted octanol–water partition coefficient (Wildman–Crippen LogP) is 6.38. The highest BCUT2D eigenvalue weighted by molar-refractivity contribution is 6.33. The zero-order valence-corrected chi connectivity index (χ0v) is 19.3. The number of rotatable bonds is 6. The molecule has 0 radical (unpaired) electrons. The Balaban J connectivity index is 1.53. The summed E-state index contributed by atoms with van der Waals surface area (Å²) in [6.45, 7) is 3.88. The van der Waals surface area contributed by atoms with Crippen LogP contribution in [0.15, 0.2) is 82.0 Å². The third-order valence-corrected chi connectivity index (χ3v) is 6.54. The van der Waals surface area contributed by atoms with Crippen molar-refractivity contribution in [3.8, 4) is 5.75 Å². The second kappa shape index (κ2) is 9.42. The predicted molar refractivity (Wildman–Crippen MR) is 132 cm³/mol. The van der Waals surface area contributed by atoms with E-state index in [1.165, 1.54) is 11.1 Å². The molecule has 0 unspecified atom stereocenters. The van der Waals surface area contributed by atoms with Crippen molar-refractivity contribution >= 4 is 22.6 Å². The van der Waals surface area contributed by atoms with Crippen molar-refractivity contribution < 1.29 is 9.15 Å². The van der Waals surface area contributed by atoms with Crippen molar-refractivity contribution in [2.75, 3.05) is 13.3 Å². The summed E-state index contributed by atoms with van der Waals surface area (Å²) >= 11 is 6.62. The number of fused-ring (bicyclic) bond motifs is 3. The normalized spacial score (nSPS) is 13.8. The van der Waals surface area contributed by atoms with Crippen LogP contribution >= 0.6 is 11.6 Å². The second-order valence-electron chi connectivity index (χ2n) is 8.54. The van der Waals surface area contributed by atoms with Gasteiger partial charge >= 0.3 is 5.63 Å². The highest BCUT2D eigenvalue weighted by Crippen LogP contribution is 2.40. The van der Waals surface area contributed by atoms with E-state index in [0.29, 0.717) is 29.6 Å². The number of ether oxygens (including phenoxy) is 1.